The van der Waals surface area contributed by atoms with Crippen LogP contribution in [0.1, 0.15) is 57.1 Å². The number of thioether (sulfide) groups is 1. The molecule has 8 nitrogen and oxygen atoms in total. The lowest BCUT2D eigenvalue weighted by atomic mass is 9.66. The van der Waals surface area contributed by atoms with Crippen molar-refractivity contribution >= 4 is 40.9 Å². The Labute approximate surface area is 253 Å². The summed E-state index contributed by atoms with van der Waals surface area (Å²) in [5.41, 5.74) is 3.43. The van der Waals surface area contributed by atoms with Crippen LogP contribution in [0, 0.1) is 31.6 Å². The van der Waals surface area contributed by atoms with Gasteiger partial charge in [-0.3, -0.25) is 14.4 Å². The lowest BCUT2D eigenvalue weighted by Gasteiger charge is -2.38. The van der Waals surface area contributed by atoms with Gasteiger partial charge < -0.3 is 25.4 Å². The summed E-state index contributed by atoms with van der Waals surface area (Å²) in [6, 6.07) is 12.6. The molecule has 3 saturated heterocycles. The van der Waals surface area contributed by atoms with Crippen LogP contribution < -0.4 is 15.4 Å². The molecular formula is C33H43N3O5S. The van der Waals surface area contributed by atoms with E-state index in [1.165, 1.54) is 0 Å². The van der Waals surface area contributed by atoms with Gasteiger partial charge in [0.1, 0.15) is 11.8 Å². The first-order chi connectivity index (χ1) is 20.2. The summed E-state index contributed by atoms with van der Waals surface area (Å²) in [5.74, 6) is -0.676. The average Bonchev–Trinajstić information content (AvgIpc) is 3.55. The maximum atomic E-state index is 14.3. The molecule has 0 aromatic heterocycles. The molecule has 3 amide bonds. The standard InChI is InChI=1S/C33H43N3O5S/c1-5-41-24-14-12-23(13-15-24)34-30(38)27-26-19-22(4)33(42-26)28(27)32(40)36(16-8-6-7-9-17-37)29(33)31(39)35-25-18-20(2)10-11-21(25)3/h10-15,18,22,26-29,37H,5-9,16-17,19H2,1-4H3,(H,34,38)(H,35,39)/t22?,26-,27+,28+,29?,33?/m1/s1. The second-order valence-corrected chi connectivity index (χ2v) is 13.5. The summed E-state index contributed by atoms with van der Waals surface area (Å²) in [5, 5.41) is 15.4. The number of fused-ring (bicyclic) bond motifs is 1. The zero-order valence-electron chi connectivity index (χ0n) is 25.0. The molecular weight excluding hydrogens is 550 g/mol. The van der Waals surface area contributed by atoms with Crippen molar-refractivity contribution in [2.45, 2.75) is 75.8 Å². The average molecular weight is 594 g/mol. The summed E-state index contributed by atoms with van der Waals surface area (Å²) in [6.07, 6.45) is 3.98. The van der Waals surface area contributed by atoms with Crippen LogP contribution in [0.25, 0.3) is 0 Å². The largest absolute Gasteiger partial charge is 0.494 e. The van der Waals surface area contributed by atoms with E-state index in [-0.39, 0.29) is 35.5 Å². The number of carbonyl (C=O) groups excluding carboxylic acids is 3. The fourth-order valence-corrected chi connectivity index (χ4v) is 9.63. The van der Waals surface area contributed by atoms with Gasteiger partial charge in [-0.25, -0.2) is 0 Å². The predicted molar refractivity (Wildman–Crippen MR) is 167 cm³/mol. The number of aliphatic hydroxyl groups is 1. The first-order valence-corrected chi connectivity index (χ1v) is 16.1. The minimum Gasteiger partial charge on any atom is -0.494 e. The highest BCUT2D eigenvalue weighted by Crippen LogP contribution is 2.68. The molecule has 3 heterocycles. The fourth-order valence-electron chi connectivity index (χ4n) is 7.21. The van der Waals surface area contributed by atoms with Crippen molar-refractivity contribution in [3.8, 4) is 5.75 Å². The first kappa shape index (κ1) is 30.4. The van der Waals surface area contributed by atoms with E-state index in [0.29, 0.717) is 18.8 Å². The quantitative estimate of drug-likeness (QED) is 0.293. The zero-order valence-corrected chi connectivity index (χ0v) is 25.8. The number of rotatable bonds is 12. The van der Waals surface area contributed by atoms with Gasteiger partial charge in [0.05, 0.1) is 23.2 Å². The van der Waals surface area contributed by atoms with Gasteiger partial charge in [0, 0.05) is 29.8 Å². The van der Waals surface area contributed by atoms with Crippen molar-refractivity contribution in [2.75, 3.05) is 30.4 Å². The number of benzene rings is 2. The molecule has 3 unspecified atom stereocenters. The summed E-state index contributed by atoms with van der Waals surface area (Å²) in [6.45, 7) is 9.18. The van der Waals surface area contributed by atoms with Crippen LogP contribution in [0.15, 0.2) is 42.5 Å². The topological polar surface area (TPSA) is 108 Å². The zero-order chi connectivity index (χ0) is 30.0. The molecule has 9 heteroatoms. The van der Waals surface area contributed by atoms with Crippen LogP contribution in [-0.2, 0) is 14.4 Å². The number of nitrogens with zero attached hydrogens (tertiary/aromatic N) is 1. The van der Waals surface area contributed by atoms with E-state index < -0.39 is 22.6 Å². The summed E-state index contributed by atoms with van der Waals surface area (Å²) in [7, 11) is 0. The van der Waals surface area contributed by atoms with Crippen LogP contribution >= 0.6 is 11.8 Å². The maximum absolute atomic E-state index is 14.3. The first-order valence-electron chi connectivity index (χ1n) is 15.2. The summed E-state index contributed by atoms with van der Waals surface area (Å²) >= 11 is 1.69. The van der Waals surface area contributed by atoms with Crippen molar-refractivity contribution in [1.82, 2.24) is 4.90 Å². The molecule has 3 N–H and O–H groups in total. The van der Waals surface area contributed by atoms with Crippen LogP contribution in [0.5, 0.6) is 5.75 Å². The molecule has 6 atom stereocenters. The molecule has 2 bridgehead atoms. The molecule has 3 fully saturated rings. The van der Waals surface area contributed by atoms with Crippen LogP contribution in [0.4, 0.5) is 11.4 Å². The maximum Gasteiger partial charge on any atom is 0.248 e. The number of likely N-dealkylation sites (tertiary alicyclic amines) is 1. The van der Waals surface area contributed by atoms with Crippen molar-refractivity contribution in [1.29, 1.82) is 0 Å². The molecule has 0 radical (unpaired) electrons. The number of aliphatic hydroxyl groups excluding tert-OH is 1. The second-order valence-electron chi connectivity index (χ2n) is 12.0. The van der Waals surface area contributed by atoms with Gasteiger partial charge in [0.15, 0.2) is 0 Å². The van der Waals surface area contributed by atoms with E-state index >= 15 is 0 Å². The lowest BCUT2D eigenvalue weighted by molar-refractivity contribution is -0.138. The van der Waals surface area contributed by atoms with Crippen LogP contribution in [0.3, 0.4) is 0 Å². The number of unbranched alkanes of at least 4 members (excludes halogenated alkanes) is 3. The second kappa shape index (κ2) is 12.7. The minimum absolute atomic E-state index is 0.0284. The molecule has 1 spiro atoms. The number of amides is 3. The monoisotopic (exact) mass is 593 g/mol. The van der Waals surface area contributed by atoms with Gasteiger partial charge in [-0.2, -0.15) is 0 Å². The number of hydrogen-bond donors (Lipinski definition) is 3. The number of anilines is 2. The number of carbonyl (C=O) groups is 3. The van der Waals surface area contributed by atoms with Crippen molar-refractivity contribution in [2.24, 2.45) is 17.8 Å². The highest BCUT2D eigenvalue weighted by atomic mass is 32.2. The van der Waals surface area contributed by atoms with Gasteiger partial charge >= 0.3 is 0 Å². The van der Waals surface area contributed by atoms with Crippen molar-refractivity contribution < 1.29 is 24.2 Å². The number of ether oxygens (including phenoxy) is 1. The summed E-state index contributed by atoms with van der Waals surface area (Å²) < 4.78 is 4.86. The van der Waals surface area contributed by atoms with Crippen LogP contribution in [0.2, 0.25) is 0 Å². The van der Waals surface area contributed by atoms with Crippen molar-refractivity contribution in [3.05, 3.63) is 53.6 Å². The molecule has 2 aromatic carbocycles. The van der Waals surface area contributed by atoms with E-state index in [9.17, 15) is 19.5 Å². The Kier molecular flexibility index (Phi) is 9.18. The van der Waals surface area contributed by atoms with Gasteiger partial charge in [0.2, 0.25) is 17.7 Å². The Hall–Kier alpha value is -3.04. The van der Waals surface area contributed by atoms with Gasteiger partial charge in [0.25, 0.3) is 0 Å². The third-order valence-electron chi connectivity index (χ3n) is 9.19. The van der Waals surface area contributed by atoms with E-state index in [4.69, 9.17) is 4.74 Å². The molecule has 42 heavy (non-hydrogen) atoms. The predicted octanol–water partition coefficient (Wildman–Crippen LogP) is 5.17. The van der Waals surface area contributed by atoms with Crippen molar-refractivity contribution in [3.63, 3.8) is 0 Å². The molecule has 0 aliphatic carbocycles. The Bertz CT molecular complexity index is 1320. The normalized spacial score (nSPS) is 27.7. The van der Waals surface area contributed by atoms with E-state index in [1.807, 2.05) is 63.2 Å². The SMILES string of the molecule is CCOc1ccc(NC(=O)[C@@H]2[C@H]3C(=O)N(CCCCCCO)C(C(=O)Nc4cc(C)ccc4C)C34S[C@@H]2CC4C)cc1. The number of nitrogens with one attached hydrogen (secondary N) is 2. The van der Waals surface area contributed by atoms with Gasteiger partial charge in [-0.15, -0.1) is 11.8 Å². The molecule has 3 aliphatic heterocycles. The number of hydrogen-bond acceptors (Lipinski definition) is 6. The molecule has 226 valence electrons. The Morgan fingerprint density at radius 1 is 1.05 bits per heavy atom. The lowest BCUT2D eigenvalue weighted by Crippen LogP contribution is -2.54. The number of aryl methyl sites for hydroxylation is 2. The third kappa shape index (κ3) is 5.53. The molecule has 0 saturated carbocycles. The van der Waals surface area contributed by atoms with Gasteiger partial charge in [-0.1, -0.05) is 31.9 Å². The van der Waals surface area contributed by atoms with E-state index in [0.717, 1.165) is 54.7 Å². The highest BCUT2D eigenvalue weighted by molar-refractivity contribution is 8.02. The Balaban J connectivity index is 1.43. The fraction of sp³-hybridized carbons (Fsp3) is 0.545. The van der Waals surface area contributed by atoms with Gasteiger partial charge in [-0.05, 0) is 87.4 Å². The Morgan fingerprint density at radius 3 is 2.50 bits per heavy atom. The highest BCUT2D eigenvalue weighted by Gasteiger charge is 2.75. The smallest absolute Gasteiger partial charge is 0.248 e. The third-order valence-corrected chi connectivity index (χ3v) is 11.3. The molecule has 5 rings (SSSR count). The Morgan fingerprint density at radius 2 is 1.79 bits per heavy atom. The van der Waals surface area contributed by atoms with E-state index in [1.54, 1.807) is 16.7 Å². The van der Waals surface area contributed by atoms with Crippen LogP contribution in [-0.4, -0.2) is 63.5 Å². The summed E-state index contributed by atoms with van der Waals surface area (Å²) in [4.78, 5) is 44.1. The molecule has 2 aromatic rings. The molecule has 3 aliphatic rings. The van der Waals surface area contributed by atoms with E-state index in [2.05, 4.69) is 17.6 Å². The minimum atomic E-state index is -0.671.